The Bertz CT molecular complexity index is 551. The Kier molecular flexibility index (Phi) is 4.43. The Labute approximate surface area is 118 Å². The van der Waals surface area contributed by atoms with Gasteiger partial charge < -0.3 is 10.1 Å². The van der Waals surface area contributed by atoms with Gasteiger partial charge >= 0.3 is 0 Å². The lowest BCUT2D eigenvalue weighted by molar-refractivity contribution is 0.340. The zero-order valence-corrected chi connectivity index (χ0v) is 12.7. The predicted octanol–water partition coefficient (Wildman–Crippen LogP) is 4.33. The van der Waals surface area contributed by atoms with Gasteiger partial charge in [0.25, 0.3) is 0 Å². The molecule has 0 amide bonds. The first kappa shape index (κ1) is 13.9. The summed E-state index contributed by atoms with van der Waals surface area (Å²) in [5, 5.41) is 6.71. The molecule has 2 aromatic rings. The van der Waals surface area contributed by atoms with Crippen LogP contribution in [-0.2, 0) is 0 Å². The molecule has 0 aliphatic rings. The number of thiazole rings is 1. The first-order valence-electron chi connectivity index (χ1n) is 6.52. The summed E-state index contributed by atoms with van der Waals surface area (Å²) in [6, 6.07) is 6.33. The Morgan fingerprint density at radius 2 is 2.16 bits per heavy atom. The van der Waals surface area contributed by atoms with Crippen molar-refractivity contribution in [1.29, 1.82) is 0 Å². The topological polar surface area (TPSA) is 34.1 Å². The van der Waals surface area contributed by atoms with E-state index < -0.39 is 0 Å². The van der Waals surface area contributed by atoms with Crippen molar-refractivity contribution in [2.75, 3.05) is 11.9 Å². The molecule has 1 aromatic heterocycles. The van der Waals surface area contributed by atoms with Crippen molar-refractivity contribution in [3.8, 4) is 5.75 Å². The largest absolute Gasteiger partial charge is 0.494 e. The zero-order valence-electron chi connectivity index (χ0n) is 11.9. The van der Waals surface area contributed by atoms with E-state index in [0.717, 1.165) is 22.1 Å². The molecule has 0 radical (unpaired) electrons. The molecule has 0 saturated carbocycles. The molecule has 3 nitrogen and oxygen atoms in total. The fraction of sp³-hybridized carbons (Fsp3) is 0.400. The highest BCUT2D eigenvalue weighted by Crippen LogP contribution is 2.26. The maximum Gasteiger partial charge on any atom is 0.119 e. The lowest BCUT2D eigenvalue weighted by Crippen LogP contribution is -2.08. The summed E-state index contributed by atoms with van der Waals surface area (Å²) < 4.78 is 5.50. The first-order chi connectivity index (χ1) is 9.10. The van der Waals surface area contributed by atoms with Crippen LogP contribution in [0.2, 0.25) is 0 Å². The lowest BCUT2D eigenvalue weighted by atomic mass is 10.1. The van der Waals surface area contributed by atoms with E-state index in [4.69, 9.17) is 4.74 Å². The van der Waals surface area contributed by atoms with E-state index >= 15 is 0 Å². The van der Waals surface area contributed by atoms with Crippen molar-refractivity contribution < 1.29 is 4.74 Å². The van der Waals surface area contributed by atoms with Gasteiger partial charge in [-0.3, -0.25) is 0 Å². The highest BCUT2D eigenvalue weighted by Gasteiger charge is 2.10. The molecule has 1 unspecified atom stereocenters. The molecule has 0 aliphatic carbocycles. The van der Waals surface area contributed by atoms with Crippen molar-refractivity contribution in [3.05, 3.63) is 39.8 Å². The van der Waals surface area contributed by atoms with Crippen LogP contribution in [0.4, 0.5) is 5.69 Å². The number of benzene rings is 1. The Balaban J connectivity index is 2.10. The molecule has 1 aromatic carbocycles. The highest BCUT2D eigenvalue weighted by atomic mass is 32.1. The van der Waals surface area contributed by atoms with Gasteiger partial charge in [0.1, 0.15) is 5.75 Å². The molecule has 0 bridgehead atoms. The van der Waals surface area contributed by atoms with Gasteiger partial charge in [-0.05, 0) is 51.5 Å². The molecule has 1 heterocycles. The van der Waals surface area contributed by atoms with Crippen molar-refractivity contribution in [3.63, 3.8) is 0 Å². The number of ether oxygens (including phenoxy) is 1. The van der Waals surface area contributed by atoms with Gasteiger partial charge in [-0.2, -0.15) is 0 Å². The predicted molar refractivity (Wildman–Crippen MR) is 81.2 cm³/mol. The number of rotatable bonds is 5. The number of hydrogen-bond acceptors (Lipinski definition) is 4. The van der Waals surface area contributed by atoms with Crippen LogP contribution in [0.5, 0.6) is 5.75 Å². The van der Waals surface area contributed by atoms with Gasteiger partial charge in [-0.1, -0.05) is 0 Å². The maximum absolute atomic E-state index is 5.50. The van der Waals surface area contributed by atoms with E-state index in [1.165, 1.54) is 5.56 Å². The Morgan fingerprint density at radius 3 is 2.74 bits per heavy atom. The van der Waals surface area contributed by atoms with Gasteiger partial charge in [0.2, 0.25) is 0 Å². The van der Waals surface area contributed by atoms with Gasteiger partial charge in [-0.25, -0.2) is 4.98 Å². The number of aromatic nitrogens is 1. The summed E-state index contributed by atoms with van der Waals surface area (Å²) in [4.78, 5) is 4.51. The number of nitrogens with one attached hydrogen (secondary N) is 1. The Morgan fingerprint density at radius 1 is 1.37 bits per heavy atom. The summed E-state index contributed by atoms with van der Waals surface area (Å²) in [5.41, 5.74) is 3.40. The normalized spacial score (nSPS) is 12.2. The molecular weight excluding hydrogens is 256 g/mol. The van der Waals surface area contributed by atoms with Crippen molar-refractivity contribution in [2.45, 2.75) is 33.7 Å². The van der Waals surface area contributed by atoms with E-state index in [-0.39, 0.29) is 6.04 Å². The number of anilines is 1. The third-order valence-electron chi connectivity index (χ3n) is 2.96. The quantitative estimate of drug-likeness (QED) is 0.882. The average Bonchev–Trinajstić information content (AvgIpc) is 2.80. The molecule has 2 rings (SSSR count). The lowest BCUT2D eigenvalue weighted by Gasteiger charge is -2.16. The summed E-state index contributed by atoms with van der Waals surface area (Å²) in [6.45, 7) is 8.94. The summed E-state index contributed by atoms with van der Waals surface area (Å²) in [6.07, 6.45) is 0. The molecule has 1 atom stereocenters. The van der Waals surface area contributed by atoms with E-state index in [1.807, 2.05) is 19.9 Å². The van der Waals surface area contributed by atoms with Gasteiger partial charge in [0.15, 0.2) is 0 Å². The van der Waals surface area contributed by atoms with E-state index in [1.54, 1.807) is 11.3 Å². The van der Waals surface area contributed by atoms with E-state index in [0.29, 0.717) is 6.61 Å². The van der Waals surface area contributed by atoms with Crippen LogP contribution in [0.25, 0.3) is 0 Å². The average molecular weight is 276 g/mol. The van der Waals surface area contributed by atoms with E-state index in [9.17, 15) is 0 Å². The second-order valence-corrected chi connectivity index (χ2v) is 5.63. The van der Waals surface area contributed by atoms with Gasteiger partial charge in [0.05, 0.1) is 23.4 Å². The van der Waals surface area contributed by atoms with Crippen molar-refractivity contribution >= 4 is 17.0 Å². The van der Waals surface area contributed by atoms with Crippen molar-refractivity contribution in [2.24, 2.45) is 0 Å². The first-order valence-corrected chi connectivity index (χ1v) is 7.40. The third kappa shape index (κ3) is 3.47. The standard InChI is InChI=1S/C15H20N2OS/c1-5-18-13-6-7-14(10(2)8-13)16-11(3)15-9-19-12(4)17-15/h6-9,11,16H,5H2,1-4H3. The Hall–Kier alpha value is -1.55. The minimum Gasteiger partial charge on any atom is -0.494 e. The molecule has 102 valence electrons. The number of nitrogens with zero attached hydrogens (tertiary/aromatic N) is 1. The van der Waals surface area contributed by atoms with Crippen molar-refractivity contribution in [1.82, 2.24) is 4.98 Å². The maximum atomic E-state index is 5.50. The molecule has 4 heteroatoms. The van der Waals surface area contributed by atoms with Gasteiger partial charge in [-0.15, -0.1) is 11.3 Å². The van der Waals surface area contributed by atoms with Crippen LogP contribution in [0.1, 0.15) is 36.2 Å². The second kappa shape index (κ2) is 6.06. The molecule has 19 heavy (non-hydrogen) atoms. The fourth-order valence-electron chi connectivity index (χ4n) is 1.94. The van der Waals surface area contributed by atoms with Gasteiger partial charge in [0, 0.05) is 11.1 Å². The van der Waals surface area contributed by atoms with Crippen LogP contribution >= 0.6 is 11.3 Å². The monoisotopic (exact) mass is 276 g/mol. The zero-order chi connectivity index (χ0) is 13.8. The smallest absolute Gasteiger partial charge is 0.119 e. The molecule has 0 saturated heterocycles. The number of aryl methyl sites for hydroxylation is 2. The molecule has 0 spiro atoms. The van der Waals surface area contributed by atoms with Crippen LogP contribution in [-0.4, -0.2) is 11.6 Å². The minimum absolute atomic E-state index is 0.210. The molecule has 0 aliphatic heterocycles. The van der Waals surface area contributed by atoms with Crippen LogP contribution in [0.3, 0.4) is 0 Å². The molecular formula is C15H20N2OS. The SMILES string of the molecule is CCOc1ccc(NC(C)c2csc(C)n2)c(C)c1. The molecule has 0 fully saturated rings. The minimum atomic E-state index is 0.210. The van der Waals surface area contributed by atoms with Crippen LogP contribution in [0.15, 0.2) is 23.6 Å². The summed E-state index contributed by atoms with van der Waals surface area (Å²) in [5.74, 6) is 0.919. The molecule has 1 N–H and O–H groups in total. The van der Waals surface area contributed by atoms with Crippen LogP contribution in [0, 0.1) is 13.8 Å². The fourth-order valence-corrected chi connectivity index (χ4v) is 2.65. The number of hydrogen-bond donors (Lipinski definition) is 1. The second-order valence-electron chi connectivity index (χ2n) is 4.57. The summed E-state index contributed by atoms with van der Waals surface area (Å²) >= 11 is 1.69. The highest BCUT2D eigenvalue weighted by molar-refractivity contribution is 7.09. The summed E-state index contributed by atoms with van der Waals surface area (Å²) in [7, 11) is 0. The van der Waals surface area contributed by atoms with Crippen LogP contribution < -0.4 is 10.1 Å². The third-order valence-corrected chi connectivity index (χ3v) is 3.75. The van der Waals surface area contributed by atoms with E-state index in [2.05, 4.69) is 41.7 Å².